The summed E-state index contributed by atoms with van der Waals surface area (Å²) in [4.78, 5) is 2.55. The number of ether oxygens (including phenoxy) is 2. The highest BCUT2D eigenvalue weighted by molar-refractivity contribution is 4.84. The van der Waals surface area contributed by atoms with E-state index in [1.807, 2.05) is 0 Å². The molecule has 1 N–H and O–H groups in total. The summed E-state index contributed by atoms with van der Waals surface area (Å²) in [6, 6.07) is 1.12. The van der Waals surface area contributed by atoms with Gasteiger partial charge in [-0.05, 0) is 19.9 Å². The van der Waals surface area contributed by atoms with Crippen molar-refractivity contribution in [3.8, 4) is 0 Å². The summed E-state index contributed by atoms with van der Waals surface area (Å²) in [7, 11) is 0. The van der Waals surface area contributed by atoms with Crippen LogP contribution in [-0.2, 0) is 9.47 Å². The topological polar surface area (TPSA) is 33.7 Å². The minimum atomic E-state index is 0.548. The van der Waals surface area contributed by atoms with E-state index in [1.54, 1.807) is 0 Å². The van der Waals surface area contributed by atoms with Gasteiger partial charge in [-0.3, -0.25) is 4.90 Å². The van der Waals surface area contributed by atoms with Crippen LogP contribution >= 0.6 is 0 Å². The molecule has 0 saturated carbocycles. The van der Waals surface area contributed by atoms with E-state index in [2.05, 4.69) is 24.1 Å². The largest absolute Gasteiger partial charge is 0.381 e. The summed E-state index contributed by atoms with van der Waals surface area (Å²) in [5.74, 6) is 0.685. The second-order valence-electron chi connectivity index (χ2n) is 5.21. The second-order valence-corrected chi connectivity index (χ2v) is 5.21. The fourth-order valence-electron chi connectivity index (χ4n) is 2.80. The van der Waals surface area contributed by atoms with Crippen molar-refractivity contribution < 1.29 is 9.47 Å². The van der Waals surface area contributed by atoms with Crippen molar-refractivity contribution in [2.24, 2.45) is 5.92 Å². The standard InChI is InChI=1S/C13H26N2O2/c1-3-14-13(12-4-6-16-10-12)8-15-5-7-17-9-11(15)2/h11-14H,3-10H2,1-2H3. The first kappa shape index (κ1) is 13.3. The SMILES string of the molecule is CCNC(CN1CCOCC1C)C1CCOC1. The quantitative estimate of drug-likeness (QED) is 0.770. The molecule has 0 aromatic carbocycles. The van der Waals surface area contributed by atoms with Crippen molar-refractivity contribution in [2.75, 3.05) is 46.1 Å². The molecule has 0 amide bonds. The lowest BCUT2D eigenvalue weighted by atomic mass is 9.97. The molecule has 2 saturated heterocycles. The summed E-state index contributed by atoms with van der Waals surface area (Å²) in [5, 5.41) is 3.63. The predicted octanol–water partition coefficient (Wildman–Crippen LogP) is 0.722. The molecule has 2 aliphatic heterocycles. The van der Waals surface area contributed by atoms with Crippen LogP contribution in [0.4, 0.5) is 0 Å². The molecule has 0 spiro atoms. The molecule has 3 atom stereocenters. The van der Waals surface area contributed by atoms with Crippen molar-refractivity contribution >= 4 is 0 Å². The van der Waals surface area contributed by atoms with Gasteiger partial charge in [0.1, 0.15) is 0 Å². The molecule has 2 rings (SSSR count). The molecule has 100 valence electrons. The fraction of sp³-hybridized carbons (Fsp3) is 1.00. The van der Waals surface area contributed by atoms with Crippen molar-refractivity contribution in [3.05, 3.63) is 0 Å². The molecular weight excluding hydrogens is 216 g/mol. The number of hydrogen-bond acceptors (Lipinski definition) is 4. The molecule has 0 aromatic rings. The zero-order valence-electron chi connectivity index (χ0n) is 11.2. The van der Waals surface area contributed by atoms with E-state index in [4.69, 9.17) is 9.47 Å². The maximum atomic E-state index is 5.52. The minimum Gasteiger partial charge on any atom is -0.381 e. The molecule has 2 aliphatic rings. The number of hydrogen-bond donors (Lipinski definition) is 1. The summed E-state index contributed by atoms with van der Waals surface area (Å²) in [6.07, 6.45) is 1.20. The number of rotatable bonds is 5. The first-order valence-electron chi connectivity index (χ1n) is 6.94. The highest BCUT2D eigenvalue weighted by atomic mass is 16.5. The monoisotopic (exact) mass is 242 g/mol. The van der Waals surface area contributed by atoms with Gasteiger partial charge < -0.3 is 14.8 Å². The molecule has 0 aromatic heterocycles. The van der Waals surface area contributed by atoms with Crippen LogP contribution in [0.2, 0.25) is 0 Å². The van der Waals surface area contributed by atoms with E-state index in [0.29, 0.717) is 18.0 Å². The maximum absolute atomic E-state index is 5.52. The first-order valence-corrected chi connectivity index (χ1v) is 6.94. The van der Waals surface area contributed by atoms with E-state index in [9.17, 15) is 0 Å². The molecule has 2 fully saturated rings. The molecule has 3 unspecified atom stereocenters. The Balaban J connectivity index is 1.86. The number of nitrogens with one attached hydrogen (secondary N) is 1. The van der Waals surface area contributed by atoms with Crippen molar-refractivity contribution in [3.63, 3.8) is 0 Å². The maximum Gasteiger partial charge on any atom is 0.0619 e. The van der Waals surface area contributed by atoms with E-state index in [1.165, 1.54) is 6.42 Å². The first-order chi connectivity index (χ1) is 8.31. The molecule has 4 heteroatoms. The summed E-state index contributed by atoms with van der Waals surface area (Å²) in [5.41, 5.74) is 0. The van der Waals surface area contributed by atoms with E-state index in [0.717, 1.165) is 46.1 Å². The Morgan fingerprint density at radius 3 is 2.76 bits per heavy atom. The van der Waals surface area contributed by atoms with E-state index in [-0.39, 0.29) is 0 Å². The summed E-state index contributed by atoms with van der Waals surface area (Å²) in [6.45, 7) is 11.3. The Bertz CT molecular complexity index is 219. The molecule has 4 nitrogen and oxygen atoms in total. The Labute approximate surface area is 105 Å². The number of morpholine rings is 1. The van der Waals surface area contributed by atoms with Crippen molar-refractivity contribution in [1.82, 2.24) is 10.2 Å². The summed E-state index contributed by atoms with van der Waals surface area (Å²) < 4.78 is 11.0. The zero-order chi connectivity index (χ0) is 12.1. The van der Waals surface area contributed by atoms with E-state index < -0.39 is 0 Å². The van der Waals surface area contributed by atoms with Crippen LogP contribution in [0.1, 0.15) is 20.3 Å². The van der Waals surface area contributed by atoms with Crippen LogP contribution in [0, 0.1) is 5.92 Å². The van der Waals surface area contributed by atoms with Crippen LogP contribution in [0.15, 0.2) is 0 Å². The predicted molar refractivity (Wildman–Crippen MR) is 68.2 cm³/mol. The lowest BCUT2D eigenvalue weighted by molar-refractivity contribution is -0.00759. The lowest BCUT2D eigenvalue weighted by Crippen LogP contribution is -2.52. The van der Waals surface area contributed by atoms with Crippen molar-refractivity contribution in [2.45, 2.75) is 32.4 Å². The normalized spacial score (nSPS) is 32.8. The van der Waals surface area contributed by atoms with Gasteiger partial charge in [0.25, 0.3) is 0 Å². The Kier molecular flexibility index (Phi) is 5.22. The zero-order valence-corrected chi connectivity index (χ0v) is 11.2. The number of nitrogens with zero attached hydrogens (tertiary/aromatic N) is 1. The molecule has 0 aliphatic carbocycles. The highest BCUT2D eigenvalue weighted by Crippen LogP contribution is 2.19. The highest BCUT2D eigenvalue weighted by Gasteiger charge is 2.29. The lowest BCUT2D eigenvalue weighted by Gasteiger charge is -2.37. The van der Waals surface area contributed by atoms with Gasteiger partial charge in [0.2, 0.25) is 0 Å². The minimum absolute atomic E-state index is 0.548. The molecule has 0 bridgehead atoms. The van der Waals surface area contributed by atoms with Crippen LogP contribution in [0.3, 0.4) is 0 Å². The Morgan fingerprint density at radius 2 is 2.12 bits per heavy atom. The van der Waals surface area contributed by atoms with E-state index >= 15 is 0 Å². The third-order valence-corrected chi connectivity index (χ3v) is 3.94. The van der Waals surface area contributed by atoms with Crippen LogP contribution in [-0.4, -0.2) is 63.0 Å². The number of likely N-dealkylation sites (N-methyl/N-ethyl adjacent to an activating group) is 1. The van der Waals surface area contributed by atoms with Gasteiger partial charge in [-0.15, -0.1) is 0 Å². The average molecular weight is 242 g/mol. The van der Waals surface area contributed by atoms with Gasteiger partial charge in [0, 0.05) is 37.7 Å². The Morgan fingerprint density at radius 1 is 1.29 bits per heavy atom. The van der Waals surface area contributed by atoms with Gasteiger partial charge in [0.05, 0.1) is 19.8 Å². The van der Waals surface area contributed by atoms with Gasteiger partial charge in [-0.1, -0.05) is 6.92 Å². The Hall–Kier alpha value is -0.160. The van der Waals surface area contributed by atoms with Gasteiger partial charge in [0.15, 0.2) is 0 Å². The third-order valence-electron chi connectivity index (χ3n) is 3.94. The summed E-state index contributed by atoms with van der Waals surface area (Å²) >= 11 is 0. The molecular formula is C13H26N2O2. The molecule has 17 heavy (non-hydrogen) atoms. The smallest absolute Gasteiger partial charge is 0.0619 e. The van der Waals surface area contributed by atoms with Gasteiger partial charge in [-0.25, -0.2) is 0 Å². The molecule has 0 radical (unpaired) electrons. The fourth-order valence-corrected chi connectivity index (χ4v) is 2.80. The van der Waals surface area contributed by atoms with Gasteiger partial charge in [-0.2, -0.15) is 0 Å². The van der Waals surface area contributed by atoms with Gasteiger partial charge >= 0.3 is 0 Å². The van der Waals surface area contributed by atoms with Crippen LogP contribution in [0.25, 0.3) is 0 Å². The average Bonchev–Trinajstić information content (AvgIpc) is 2.85. The third kappa shape index (κ3) is 3.65. The van der Waals surface area contributed by atoms with Crippen LogP contribution < -0.4 is 5.32 Å². The van der Waals surface area contributed by atoms with Crippen molar-refractivity contribution in [1.29, 1.82) is 0 Å². The molecule has 2 heterocycles. The van der Waals surface area contributed by atoms with Crippen LogP contribution in [0.5, 0.6) is 0 Å². The second kappa shape index (κ2) is 6.69.